The molecule has 0 radical (unpaired) electrons. The Labute approximate surface area is 116 Å². The summed E-state index contributed by atoms with van der Waals surface area (Å²) in [5.41, 5.74) is 2.00. The van der Waals surface area contributed by atoms with Gasteiger partial charge in [0.05, 0.1) is 22.0 Å². The molecule has 1 N–H and O–H groups in total. The van der Waals surface area contributed by atoms with Crippen molar-refractivity contribution in [2.24, 2.45) is 0 Å². The monoisotopic (exact) mass is 254 g/mol. The molecule has 2 rings (SSSR count). The Balaban J connectivity index is 0.000000346. The summed E-state index contributed by atoms with van der Waals surface area (Å²) < 4.78 is 25.4. The molecule has 0 fully saturated rings. The van der Waals surface area contributed by atoms with Gasteiger partial charge >= 0.3 is 29.6 Å². The number of nitrogens with one attached hydrogen (secondary N) is 1. The topological polar surface area (TPSA) is 85.9 Å². The number of H-pyrrole nitrogens is 1. The number of imidazole rings is 1. The Morgan fingerprint density at radius 1 is 1.33 bits per heavy atom. The van der Waals surface area contributed by atoms with E-state index in [-0.39, 0.29) is 29.6 Å². The van der Waals surface area contributed by atoms with Crippen LogP contribution in [-0.2, 0) is 11.0 Å². The van der Waals surface area contributed by atoms with Crippen LogP contribution in [0.5, 0.6) is 0 Å². The first-order valence-corrected chi connectivity index (χ1v) is 5.09. The van der Waals surface area contributed by atoms with Crippen molar-refractivity contribution in [2.75, 3.05) is 0 Å². The van der Waals surface area contributed by atoms with Gasteiger partial charge in [-0.1, -0.05) is 12.1 Å². The van der Waals surface area contributed by atoms with Crippen LogP contribution in [0.3, 0.4) is 0 Å². The molecule has 15 heavy (non-hydrogen) atoms. The predicted molar refractivity (Wildman–Crippen MR) is 54.4 cm³/mol. The molecule has 0 unspecified atom stereocenters. The fraction of sp³-hybridized carbons (Fsp3) is 0. The number of rotatable bonds is 0. The predicted octanol–water partition coefficient (Wildman–Crippen LogP) is -2.42. The van der Waals surface area contributed by atoms with Gasteiger partial charge in [0.15, 0.2) is 5.16 Å². The van der Waals surface area contributed by atoms with E-state index in [4.69, 9.17) is 13.0 Å². The summed E-state index contributed by atoms with van der Waals surface area (Å²) in [6.07, 6.45) is 0. The van der Waals surface area contributed by atoms with Gasteiger partial charge in [0.2, 0.25) is 0 Å². The minimum Gasteiger partial charge on any atom is -0.750 e. The number of thiol groups is 2. The summed E-state index contributed by atoms with van der Waals surface area (Å²) in [6, 6.07) is 7.84. The minimum atomic E-state index is -3.37. The second kappa shape index (κ2) is 7.26. The van der Waals surface area contributed by atoms with Crippen LogP contribution in [0.4, 0.5) is 0 Å². The molecule has 0 saturated carbocycles. The molecule has 0 aliphatic carbocycles. The normalized spacial score (nSPS) is 9.27. The van der Waals surface area contributed by atoms with E-state index in [0.29, 0.717) is 5.16 Å². The zero-order valence-corrected chi connectivity index (χ0v) is 11.7. The van der Waals surface area contributed by atoms with E-state index in [1.807, 2.05) is 24.3 Å². The number of nitrogens with zero attached hydrogens (tertiary/aromatic N) is 1. The van der Waals surface area contributed by atoms with Crippen molar-refractivity contribution < 1.29 is 42.5 Å². The van der Waals surface area contributed by atoms with Crippen LogP contribution < -0.4 is 29.6 Å². The number of hydrogen-bond donors (Lipinski definition) is 3. The van der Waals surface area contributed by atoms with Crippen molar-refractivity contribution in [3.63, 3.8) is 0 Å². The summed E-state index contributed by atoms with van der Waals surface area (Å²) in [6.45, 7) is 0. The Bertz CT molecular complexity index is 457. The van der Waals surface area contributed by atoms with Crippen LogP contribution in [0.2, 0.25) is 0 Å². The van der Waals surface area contributed by atoms with Gasteiger partial charge in [-0.2, -0.15) is 0 Å². The maximum Gasteiger partial charge on any atom is 1.00 e. The molecule has 0 aliphatic heterocycles. The van der Waals surface area contributed by atoms with Crippen molar-refractivity contribution in [2.45, 2.75) is 5.16 Å². The van der Waals surface area contributed by atoms with Crippen LogP contribution in [0.25, 0.3) is 11.0 Å². The van der Waals surface area contributed by atoms with Gasteiger partial charge in [0.1, 0.15) is 0 Å². The molecule has 2 aromatic rings. The average molecular weight is 254 g/mol. The smallest absolute Gasteiger partial charge is 0.750 e. The van der Waals surface area contributed by atoms with Crippen LogP contribution in [0, 0.1) is 0 Å². The summed E-state index contributed by atoms with van der Waals surface area (Å²) >= 11 is 4.08. The van der Waals surface area contributed by atoms with E-state index < -0.39 is 11.0 Å². The van der Waals surface area contributed by atoms with Gasteiger partial charge in [-0.25, -0.2) is 13.4 Å². The molecule has 1 aromatic carbocycles. The minimum absolute atomic E-state index is 0. The third-order valence-electron chi connectivity index (χ3n) is 1.38. The fourth-order valence-electron chi connectivity index (χ4n) is 0.939. The Morgan fingerprint density at radius 3 is 2.40 bits per heavy atom. The third-order valence-corrected chi connectivity index (χ3v) is 1.59. The number of para-hydroxylation sites is 2. The first kappa shape index (κ1) is 14.9. The van der Waals surface area contributed by atoms with Crippen molar-refractivity contribution in [1.82, 2.24) is 9.97 Å². The van der Waals surface area contributed by atoms with Crippen LogP contribution in [-0.4, -0.2) is 22.9 Å². The summed E-state index contributed by atoms with van der Waals surface area (Å²) in [5, 5.41) is 0.668. The molecule has 0 amide bonds. The zero-order chi connectivity index (χ0) is 10.6. The van der Waals surface area contributed by atoms with E-state index >= 15 is 0 Å². The SMILES string of the molecule is O=[SH](=O)[O-].Sc1nc2ccccc2[nH]1.[Na+]. The molecule has 0 saturated heterocycles. The van der Waals surface area contributed by atoms with Crippen molar-refractivity contribution >= 4 is 34.6 Å². The maximum atomic E-state index is 8.48. The van der Waals surface area contributed by atoms with Gasteiger partial charge in [0, 0.05) is 0 Å². The van der Waals surface area contributed by atoms with Crippen molar-refractivity contribution in [3.8, 4) is 0 Å². The molecule has 1 heterocycles. The van der Waals surface area contributed by atoms with E-state index in [1.54, 1.807) is 0 Å². The van der Waals surface area contributed by atoms with Gasteiger partial charge in [0.25, 0.3) is 0 Å². The molecule has 0 bridgehead atoms. The van der Waals surface area contributed by atoms with Gasteiger partial charge in [-0.05, 0) is 12.1 Å². The molecule has 5 nitrogen and oxygen atoms in total. The van der Waals surface area contributed by atoms with Gasteiger partial charge in [-0.15, -0.1) is 12.6 Å². The molecule has 0 spiro atoms. The zero-order valence-electron chi connectivity index (χ0n) is 7.88. The molecular weight excluding hydrogens is 247 g/mol. The molecule has 8 heteroatoms. The quantitative estimate of drug-likeness (QED) is 0.277. The molecule has 1 aromatic heterocycles. The summed E-state index contributed by atoms with van der Waals surface area (Å²) in [5.74, 6) is 0. The first-order valence-electron chi connectivity index (χ1n) is 3.55. The average Bonchev–Trinajstić information content (AvgIpc) is 2.42. The number of aromatic amines is 1. The molecule has 76 valence electrons. The Kier molecular flexibility index (Phi) is 7.24. The molecule has 0 atom stereocenters. The van der Waals surface area contributed by atoms with Gasteiger partial charge in [-0.3, -0.25) is 0 Å². The Morgan fingerprint density at radius 2 is 1.87 bits per heavy atom. The van der Waals surface area contributed by atoms with E-state index in [0.717, 1.165) is 11.0 Å². The fourth-order valence-corrected chi connectivity index (χ4v) is 1.17. The van der Waals surface area contributed by atoms with Crippen LogP contribution >= 0.6 is 12.6 Å². The van der Waals surface area contributed by atoms with Crippen molar-refractivity contribution in [3.05, 3.63) is 24.3 Å². The van der Waals surface area contributed by atoms with Gasteiger partial charge < -0.3 is 9.54 Å². The first-order chi connectivity index (χ1) is 6.59. The van der Waals surface area contributed by atoms with Crippen molar-refractivity contribution in [1.29, 1.82) is 0 Å². The van der Waals surface area contributed by atoms with Crippen LogP contribution in [0.1, 0.15) is 0 Å². The Hall–Kier alpha value is -0.0500. The van der Waals surface area contributed by atoms with E-state index in [1.165, 1.54) is 0 Å². The second-order valence-electron chi connectivity index (χ2n) is 2.30. The largest absolute Gasteiger partial charge is 1.00 e. The molecular formula is C7H7N2NaO3S2. The number of hydrogen-bond acceptors (Lipinski definition) is 5. The summed E-state index contributed by atoms with van der Waals surface area (Å²) in [4.78, 5) is 7.13. The van der Waals surface area contributed by atoms with Crippen LogP contribution in [0.15, 0.2) is 29.4 Å². The summed E-state index contributed by atoms with van der Waals surface area (Å²) in [7, 11) is -3.37. The number of fused-ring (bicyclic) bond motifs is 1. The standard InChI is InChI=1S/C7H6N2S.Na.H2O3S/c10-7-8-5-3-1-2-4-6(5)9-7;;1-4(2)3/h1-4H,(H2,8,9,10);;4H,(H,1,2,3)/q;+1;/p-1. The molecule has 0 aliphatic rings. The number of benzene rings is 1. The van der Waals surface area contributed by atoms with E-state index in [9.17, 15) is 0 Å². The third kappa shape index (κ3) is 5.55. The van der Waals surface area contributed by atoms with E-state index in [2.05, 4.69) is 22.6 Å². The number of aromatic nitrogens is 2. The second-order valence-corrected chi connectivity index (χ2v) is 3.17. The maximum absolute atomic E-state index is 8.48.